The molecule has 0 bridgehead atoms. The van der Waals surface area contributed by atoms with Crippen LogP contribution in [0.5, 0.6) is 0 Å². The Morgan fingerprint density at radius 1 is 1.82 bits per heavy atom. The fraction of sp³-hybridized carbons (Fsp3) is 0.857. The highest BCUT2D eigenvalue weighted by atomic mass is 16.4. The summed E-state index contributed by atoms with van der Waals surface area (Å²) in [4.78, 5) is 12.4. The first-order valence-corrected chi connectivity index (χ1v) is 3.83. The van der Waals surface area contributed by atoms with E-state index in [9.17, 15) is 4.79 Å². The highest BCUT2D eigenvalue weighted by molar-refractivity contribution is 5.67. The van der Waals surface area contributed by atoms with Crippen molar-refractivity contribution < 1.29 is 9.90 Å². The monoisotopic (exact) mass is 158 g/mol. The second-order valence-electron chi connectivity index (χ2n) is 2.94. The molecule has 0 radical (unpaired) electrons. The molecule has 11 heavy (non-hydrogen) atoms. The van der Waals surface area contributed by atoms with Crippen molar-refractivity contribution in [1.82, 2.24) is 10.2 Å². The maximum atomic E-state index is 10.4. The van der Waals surface area contributed by atoms with Crippen molar-refractivity contribution in [2.75, 3.05) is 26.7 Å². The smallest absolute Gasteiger partial charge is 0.304 e. The van der Waals surface area contributed by atoms with Gasteiger partial charge in [0.15, 0.2) is 0 Å². The molecule has 0 amide bonds. The van der Waals surface area contributed by atoms with Gasteiger partial charge in [-0.1, -0.05) is 0 Å². The van der Waals surface area contributed by atoms with Crippen molar-refractivity contribution in [3.8, 4) is 0 Å². The first-order chi connectivity index (χ1) is 5.20. The molecule has 1 aliphatic rings. The highest BCUT2D eigenvalue weighted by Crippen LogP contribution is 2.03. The van der Waals surface area contributed by atoms with Crippen molar-refractivity contribution in [3.63, 3.8) is 0 Å². The number of carboxylic acids is 1. The van der Waals surface area contributed by atoms with Gasteiger partial charge in [0.1, 0.15) is 0 Å². The summed E-state index contributed by atoms with van der Waals surface area (Å²) in [6.45, 7) is 2.70. The van der Waals surface area contributed by atoms with Crippen LogP contribution in [0.4, 0.5) is 0 Å². The van der Waals surface area contributed by atoms with Gasteiger partial charge in [-0.15, -0.1) is 0 Å². The number of aliphatic carboxylic acids is 1. The van der Waals surface area contributed by atoms with Crippen molar-refractivity contribution >= 4 is 5.97 Å². The Morgan fingerprint density at radius 3 is 3.09 bits per heavy atom. The van der Waals surface area contributed by atoms with Crippen LogP contribution >= 0.6 is 0 Å². The largest absolute Gasteiger partial charge is 0.481 e. The Kier molecular flexibility index (Phi) is 2.84. The van der Waals surface area contributed by atoms with E-state index in [1.807, 2.05) is 7.05 Å². The summed E-state index contributed by atoms with van der Waals surface area (Å²) in [7, 11) is 1.97. The number of nitrogens with one attached hydrogen (secondary N) is 1. The van der Waals surface area contributed by atoms with Gasteiger partial charge >= 0.3 is 5.97 Å². The molecule has 1 aliphatic heterocycles. The number of carbonyl (C=O) groups is 1. The van der Waals surface area contributed by atoms with E-state index >= 15 is 0 Å². The standard InChI is InChI=1S/C7H14N2O2/c1-9-3-2-8-5-6(9)4-7(10)11/h6,8H,2-5H2,1H3,(H,10,11)/t6-/m0/s1. The van der Waals surface area contributed by atoms with Gasteiger partial charge in [-0.25, -0.2) is 0 Å². The van der Waals surface area contributed by atoms with Crippen molar-refractivity contribution in [2.45, 2.75) is 12.5 Å². The quantitative estimate of drug-likeness (QED) is 0.561. The van der Waals surface area contributed by atoms with Crippen molar-refractivity contribution in [3.05, 3.63) is 0 Å². The van der Waals surface area contributed by atoms with Crippen LogP contribution in [-0.2, 0) is 4.79 Å². The summed E-state index contributed by atoms with van der Waals surface area (Å²) in [5, 5.41) is 11.7. The molecule has 1 saturated heterocycles. The summed E-state index contributed by atoms with van der Waals surface area (Å²) >= 11 is 0. The Hall–Kier alpha value is -0.610. The molecule has 1 atom stereocenters. The van der Waals surface area contributed by atoms with Crippen LogP contribution < -0.4 is 5.32 Å². The molecule has 64 valence electrons. The lowest BCUT2D eigenvalue weighted by atomic mass is 10.1. The Bertz CT molecular complexity index is 149. The maximum absolute atomic E-state index is 10.4. The van der Waals surface area contributed by atoms with E-state index in [1.54, 1.807) is 0 Å². The lowest BCUT2D eigenvalue weighted by molar-refractivity contribution is -0.138. The Morgan fingerprint density at radius 2 is 2.55 bits per heavy atom. The zero-order chi connectivity index (χ0) is 8.27. The van der Waals surface area contributed by atoms with Gasteiger partial charge in [0, 0.05) is 25.7 Å². The molecule has 1 heterocycles. The number of likely N-dealkylation sites (N-methyl/N-ethyl adjacent to an activating group) is 1. The predicted molar refractivity (Wildman–Crippen MR) is 41.5 cm³/mol. The Labute approximate surface area is 66.2 Å². The molecule has 1 rings (SSSR count). The zero-order valence-electron chi connectivity index (χ0n) is 6.71. The summed E-state index contributed by atoms with van der Waals surface area (Å²) in [5.74, 6) is -0.717. The van der Waals surface area contributed by atoms with E-state index in [4.69, 9.17) is 5.11 Å². The van der Waals surface area contributed by atoms with E-state index in [1.165, 1.54) is 0 Å². The minimum absolute atomic E-state index is 0.168. The molecular formula is C7H14N2O2. The van der Waals surface area contributed by atoms with Crippen LogP contribution in [0.3, 0.4) is 0 Å². The van der Waals surface area contributed by atoms with E-state index in [0.717, 1.165) is 19.6 Å². The molecule has 2 N–H and O–H groups in total. The zero-order valence-corrected chi connectivity index (χ0v) is 6.71. The first kappa shape index (κ1) is 8.49. The third-order valence-electron chi connectivity index (χ3n) is 2.05. The van der Waals surface area contributed by atoms with E-state index in [0.29, 0.717) is 0 Å². The number of hydrogen-bond acceptors (Lipinski definition) is 3. The van der Waals surface area contributed by atoms with Crippen LogP contribution in [0.1, 0.15) is 6.42 Å². The van der Waals surface area contributed by atoms with Gasteiger partial charge in [-0.3, -0.25) is 4.79 Å². The van der Waals surface area contributed by atoms with E-state index in [-0.39, 0.29) is 12.5 Å². The van der Waals surface area contributed by atoms with Crippen molar-refractivity contribution in [2.24, 2.45) is 0 Å². The normalized spacial score (nSPS) is 26.8. The van der Waals surface area contributed by atoms with Gasteiger partial charge < -0.3 is 15.3 Å². The van der Waals surface area contributed by atoms with Gasteiger partial charge in [-0.2, -0.15) is 0 Å². The predicted octanol–water partition coefficient (Wildman–Crippen LogP) is -0.635. The van der Waals surface area contributed by atoms with E-state index < -0.39 is 5.97 Å². The van der Waals surface area contributed by atoms with Gasteiger partial charge in [-0.05, 0) is 7.05 Å². The fourth-order valence-electron chi connectivity index (χ4n) is 1.29. The maximum Gasteiger partial charge on any atom is 0.304 e. The molecule has 1 fully saturated rings. The average molecular weight is 158 g/mol. The number of carboxylic acid groups (broad SMARTS) is 1. The minimum atomic E-state index is -0.717. The summed E-state index contributed by atoms with van der Waals surface area (Å²) < 4.78 is 0. The molecule has 0 spiro atoms. The van der Waals surface area contributed by atoms with E-state index in [2.05, 4.69) is 10.2 Å². The summed E-state index contributed by atoms with van der Waals surface area (Å²) in [6.07, 6.45) is 0.240. The average Bonchev–Trinajstić information content (AvgIpc) is 1.93. The number of piperazine rings is 1. The van der Waals surface area contributed by atoms with Crippen LogP contribution in [0, 0.1) is 0 Å². The van der Waals surface area contributed by atoms with Gasteiger partial charge in [0.05, 0.1) is 6.42 Å². The number of rotatable bonds is 2. The summed E-state index contributed by atoms with van der Waals surface area (Å²) in [6, 6.07) is 0.168. The van der Waals surface area contributed by atoms with Crippen LogP contribution in [-0.4, -0.2) is 48.7 Å². The molecule has 4 heteroatoms. The molecular weight excluding hydrogens is 144 g/mol. The first-order valence-electron chi connectivity index (χ1n) is 3.83. The lowest BCUT2D eigenvalue weighted by Gasteiger charge is -2.31. The SMILES string of the molecule is CN1CCNC[C@@H]1CC(=O)O. The third-order valence-corrected chi connectivity index (χ3v) is 2.05. The molecule has 0 aromatic rings. The van der Waals surface area contributed by atoms with Crippen molar-refractivity contribution in [1.29, 1.82) is 0 Å². The second-order valence-corrected chi connectivity index (χ2v) is 2.94. The lowest BCUT2D eigenvalue weighted by Crippen LogP contribution is -2.49. The van der Waals surface area contributed by atoms with Crippen LogP contribution in [0.15, 0.2) is 0 Å². The third kappa shape index (κ3) is 2.48. The Balaban J connectivity index is 2.35. The number of hydrogen-bond donors (Lipinski definition) is 2. The molecule has 0 saturated carbocycles. The molecule has 0 aliphatic carbocycles. The molecule has 0 aromatic carbocycles. The highest BCUT2D eigenvalue weighted by Gasteiger charge is 2.20. The van der Waals surface area contributed by atoms with Gasteiger partial charge in [0.2, 0.25) is 0 Å². The van der Waals surface area contributed by atoms with Gasteiger partial charge in [0.25, 0.3) is 0 Å². The second kappa shape index (κ2) is 3.69. The molecule has 0 unspecified atom stereocenters. The van der Waals surface area contributed by atoms with Crippen LogP contribution in [0.2, 0.25) is 0 Å². The van der Waals surface area contributed by atoms with Crippen LogP contribution in [0.25, 0.3) is 0 Å². The fourth-order valence-corrected chi connectivity index (χ4v) is 1.29. The topological polar surface area (TPSA) is 52.6 Å². The number of nitrogens with zero attached hydrogens (tertiary/aromatic N) is 1. The molecule has 0 aromatic heterocycles. The minimum Gasteiger partial charge on any atom is -0.481 e. The molecule has 4 nitrogen and oxygen atoms in total. The summed E-state index contributed by atoms with van der Waals surface area (Å²) in [5.41, 5.74) is 0.